The molecular formula is C12H22O3. The van der Waals surface area contributed by atoms with Gasteiger partial charge in [-0.2, -0.15) is 0 Å². The minimum atomic E-state index is -0.125. The monoisotopic (exact) mass is 214 g/mol. The van der Waals surface area contributed by atoms with Gasteiger partial charge in [0.25, 0.3) is 0 Å². The Hall–Kier alpha value is -0.410. The molecule has 0 amide bonds. The van der Waals surface area contributed by atoms with Crippen molar-refractivity contribution in [3.63, 3.8) is 0 Å². The highest BCUT2D eigenvalue weighted by Gasteiger charge is 2.20. The lowest BCUT2D eigenvalue weighted by Crippen LogP contribution is -2.26. The predicted molar refractivity (Wildman–Crippen MR) is 58.7 cm³/mol. The van der Waals surface area contributed by atoms with Crippen molar-refractivity contribution in [2.75, 3.05) is 6.61 Å². The molecule has 0 heterocycles. The average molecular weight is 214 g/mol. The molecule has 1 N–H and O–H groups in total. The lowest BCUT2D eigenvalue weighted by Gasteiger charge is -2.26. The molecule has 0 unspecified atom stereocenters. The van der Waals surface area contributed by atoms with E-state index < -0.39 is 0 Å². The lowest BCUT2D eigenvalue weighted by molar-refractivity contribution is -0.118. The highest BCUT2D eigenvalue weighted by atomic mass is 16.5. The van der Waals surface area contributed by atoms with Crippen LogP contribution in [0.25, 0.3) is 0 Å². The van der Waals surface area contributed by atoms with E-state index in [9.17, 15) is 9.90 Å². The van der Waals surface area contributed by atoms with Crippen molar-refractivity contribution in [2.24, 2.45) is 5.92 Å². The number of ketones is 1. The van der Waals surface area contributed by atoms with E-state index in [-0.39, 0.29) is 11.9 Å². The summed E-state index contributed by atoms with van der Waals surface area (Å²) in [5, 5.41) is 9.32. The van der Waals surface area contributed by atoms with Gasteiger partial charge < -0.3 is 14.6 Å². The van der Waals surface area contributed by atoms with E-state index in [0.29, 0.717) is 25.0 Å². The number of Topliss-reactive ketones (excluding diaryl/α,β-unsaturated/α-hetero) is 1. The minimum absolute atomic E-state index is 0.125. The molecule has 88 valence electrons. The van der Waals surface area contributed by atoms with Crippen molar-refractivity contribution in [1.29, 1.82) is 0 Å². The molecule has 3 heteroatoms. The third kappa shape index (κ3) is 5.28. The third-order valence-corrected chi connectivity index (χ3v) is 2.90. The molecule has 0 radical (unpaired) electrons. The van der Waals surface area contributed by atoms with Gasteiger partial charge in [-0.25, -0.2) is 0 Å². The smallest absolute Gasteiger partial charge is 0.130 e. The van der Waals surface area contributed by atoms with Crippen LogP contribution in [0.2, 0.25) is 0 Å². The number of aliphatic hydroxyl groups excluding tert-OH is 1. The number of ether oxygens (including phenoxy) is 1. The summed E-state index contributed by atoms with van der Waals surface area (Å²) < 4.78 is 5.73. The molecule has 0 saturated heterocycles. The van der Waals surface area contributed by atoms with Gasteiger partial charge >= 0.3 is 0 Å². The maximum Gasteiger partial charge on any atom is 0.130 e. The molecule has 0 aromatic heterocycles. The Morgan fingerprint density at radius 1 is 1.40 bits per heavy atom. The molecule has 1 atom stereocenters. The largest absolute Gasteiger partial charge is 0.393 e. The zero-order valence-electron chi connectivity index (χ0n) is 9.74. The van der Waals surface area contributed by atoms with E-state index in [1.165, 1.54) is 0 Å². The summed E-state index contributed by atoms with van der Waals surface area (Å²) in [7, 11) is 0. The Balaban J connectivity index is 2.11. The van der Waals surface area contributed by atoms with Crippen LogP contribution >= 0.6 is 0 Å². The SMILES string of the molecule is CC(=O)C[C@@H](C)COC1CCC(O)CC1. The van der Waals surface area contributed by atoms with Crippen LogP contribution in [0.4, 0.5) is 0 Å². The zero-order chi connectivity index (χ0) is 11.3. The first-order chi connectivity index (χ1) is 7.08. The second-order valence-electron chi connectivity index (χ2n) is 4.78. The predicted octanol–water partition coefficient (Wildman–Crippen LogP) is 1.92. The van der Waals surface area contributed by atoms with Crippen LogP contribution in [0, 0.1) is 5.92 Å². The quantitative estimate of drug-likeness (QED) is 0.760. The van der Waals surface area contributed by atoms with Crippen LogP contribution in [0.3, 0.4) is 0 Å². The minimum Gasteiger partial charge on any atom is -0.393 e. The molecule has 3 nitrogen and oxygen atoms in total. The number of hydrogen-bond acceptors (Lipinski definition) is 3. The second-order valence-corrected chi connectivity index (χ2v) is 4.78. The maximum atomic E-state index is 10.9. The van der Waals surface area contributed by atoms with Gasteiger partial charge in [-0.1, -0.05) is 6.92 Å². The first-order valence-corrected chi connectivity index (χ1v) is 5.87. The number of rotatable bonds is 5. The van der Waals surface area contributed by atoms with E-state index in [1.54, 1.807) is 6.92 Å². The Labute approximate surface area is 91.8 Å². The molecule has 0 spiro atoms. The molecule has 0 bridgehead atoms. The highest BCUT2D eigenvalue weighted by Crippen LogP contribution is 2.21. The zero-order valence-corrected chi connectivity index (χ0v) is 9.74. The number of hydrogen-bond donors (Lipinski definition) is 1. The first kappa shape index (κ1) is 12.7. The molecule has 1 aliphatic rings. The highest BCUT2D eigenvalue weighted by molar-refractivity contribution is 5.75. The molecule has 15 heavy (non-hydrogen) atoms. The van der Waals surface area contributed by atoms with Gasteiger partial charge in [0.2, 0.25) is 0 Å². The van der Waals surface area contributed by atoms with Crippen molar-refractivity contribution in [2.45, 2.75) is 58.2 Å². The fraction of sp³-hybridized carbons (Fsp3) is 0.917. The molecule has 1 fully saturated rings. The van der Waals surface area contributed by atoms with Crippen molar-refractivity contribution in [1.82, 2.24) is 0 Å². The molecular weight excluding hydrogens is 192 g/mol. The van der Waals surface area contributed by atoms with Gasteiger partial charge in [-0.05, 0) is 38.5 Å². The summed E-state index contributed by atoms with van der Waals surface area (Å²) in [5.41, 5.74) is 0. The summed E-state index contributed by atoms with van der Waals surface area (Å²) in [6.07, 6.45) is 4.39. The Morgan fingerprint density at radius 3 is 2.53 bits per heavy atom. The van der Waals surface area contributed by atoms with Crippen molar-refractivity contribution in [3.05, 3.63) is 0 Å². The summed E-state index contributed by atoms with van der Waals surface area (Å²) in [4.78, 5) is 10.9. The summed E-state index contributed by atoms with van der Waals surface area (Å²) in [6, 6.07) is 0. The van der Waals surface area contributed by atoms with Crippen molar-refractivity contribution >= 4 is 5.78 Å². The Bertz CT molecular complexity index is 195. The molecule has 0 aliphatic heterocycles. The maximum absolute atomic E-state index is 10.9. The van der Waals surface area contributed by atoms with Gasteiger partial charge in [-0.3, -0.25) is 0 Å². The van der Waals surface area contributed by atoms with Crippen LogP contribution in [-0.2, 0) is 9.53 Å². The van der Waals surface area contributed by atoms with Crippen LogP contribution < -0.4 is 0 Å². The van der Waals surface area contributed by atoms with Crippen LogP contribution in [0.5, 0.6) is 0 Å². The van der Waals surface area contributed by atoms with E-state index in [1.807, 2.05) is 6.92 Å². The third-order valence-electron chi connectivity index (χ3n) is 2.90. The van der Waals surface area contributed by atoms with Crippen LogP contribution in [-0.4, -0.2) is 29.7 Å². The van der Waals surface area contributed by atoms with E-state index in [4.69, 9.17) is 4.74 Å². The summed E-state index contributed by atoms with van der Waals surface area (Å²) in [6.45, 7) is 4.33. The Kier molecular flexibility index (Phi) is 5.26. The molecule has 0 aromatic rings. The van der Waals surface area contributed by atoms with Gasteiger partial charge in [0, 0.05) is 13.0 Å². The molecule has 1 rings (SSSR count). The molecule has 1 aliphatic carbocycles. The number of aliphatic hydroxyl groups is 1. The number of carbonyl (C=O) groups excluding carboxylic acids is 1. The number of carbonyl (C=O) groups is 1. The second kappa shape index (κ2) is 6.23. The van der Waals surface area contributed by atoms with Gasteiger partial charge in [-0.15, -0.1) is 0 Å². The average Bonchev–Trinajstić information content (AvgIpc) is 2.16. The van der Waals surface area contributed by atoms with Gasteiger partial charge in [0.1, 0.15) is 5.78 Å². The Morgan fingerprint density at radius 2 is 2.00 bits per heavy atom. The van der Waals surface area contributed by atoms with Crippen LogP contribution in [0.15, 0.2) is 0 Å². The fourth-order valence-electron chi connectivity index (χ4n) is 2.06. The summed E-state index contributed by atoms with van der Waals surface area (Å²) in [5.74, 6) is 0.541. The normalized spacial score (nSPS) is 28.7. The summed E-state index contributed by atoms with van der Waals surface area (Å²) >= 11 is 0. The van der Waals surface area contributed by atoms with E-state index in [2.05, 4.69) is 0 Å². The fourth-order valence-corrected chi connectivity index (χ4v) is 2.06. The molecule has 0 aromatic carbocycles. The van der Waals surface area contributed by atoms with E-state index >= 15 is 0 Å². The van der Waals surface area contributed by atoms with Crippen molar-refractivity contribution < 1.29 is 14.6 Å². The lowest BCUT2D eigenvalue weighted by atomic mass is 9.95. The standard InChI is InChI=1S/C12H22O3/c1-9(7-10(2)13)8-15-12-5-3-11(14)4-6-12/h9,11-12,14H,3-8H2,1-2H3/t9-,11?,12?/m1/s1. The first-order valence-electron chi connectivity index (χ1n) is 5.87. The topological polar surface area (TPSA) is 46.5 Å². The van der Waals surface area contributed by atoms with Gasteiger partial charge in [0.15, 0.2) is 0 Å². The van der Waals surface area contributed by atoms with Gasteiger partial charge in [0.05, 0.1) is 12.2 Å². The van der Waals surface area contributed by atoms with E-state index in [0.717, 1.165) is 25.7 Å². The van der Waals surface area contributed by atoms with Crippen molar-refractivity contribution in [3.8, 4) is 0 Å². The molecule has 1 saturated carbocycles. The van der Waals surface area contributed by atoms with Crippen LogP contribution in [0.1, 0.15) is 46.0 Å².